The number of benzene rings is 2. The third-order valence-corrected chi connectivity index (χ3v) is 11.7. The Bertz CT molecular complexity index is 1610. The fourth-order valence-corrected chi connectivity index (χ4v) is 8.74. The van der Waals surface area contributed by atoms with E-state index in [9.17, 15) is 18.0 Å². The number of anilines is 1. The molecule has 9 nitrogen and oxygen atoms in total. The number of ether oxygens (including phenoxy) is 2. The number of halogens is 1. The molecule has 2 heterocycles. The van der Waals surface area contributed by atoms with Gasteiger partial charge in [-0.25, -0.2) is 13.1 Å². The van der Waals surface area contributed by atoms with Crippen LogP contribution in [0, 0.1) is 11.8 Å². The van der Waals surface area contributed by atoms with Crippen molar-refractivity contribution in [2.24, 2.45) is 11.8 Å². The monoisotopic (exact) mass is 669 g/mol. The molecular formula is C35H44ClN3O6S. The third kappa shape index (κ3) is 7.09. The van der Waals surface area contributed by atoms with E-state index in [0.29, 0.717) is 50.7 Å². The van der Waals surface area contributed by atoms with Crippen LogP contribution in [-0.2, 0) is 31.4 Å². The molecule has 2 aliphatic heterocycles. The fourth-order valence-electron chi connectivity index (χ4n) is 7.49. The molecule has 2 amide bonds. The van der Waals surface area contributed by atoms with Crippen LogP contribution < -0.4 is 14.4 Å². The summed E-state index contributed by atoms with van der Waals surface area (Å²) in [5, 5.41) is 0.730. The van der Waals surface area contributed by atoms with Gasteiger partial charge < -0.3 is 19.3 Å². The van der Waals surface area contributed by atoms with Crippen molar-refractivity contribution >= 4 is 39.1 Å². The molecule has 0 unspecified atom stereocenters. The second-order valence-electron chi connectivity index (χ2n) is 13.5. The lowest BCUT2D eigenvalue weighted by atomic mass is 9.68. The summed E-state index contributed by atoms with van der Waals surface area (Å²) < 4.78 is 40.9. The fraction of sp³-hybridized carbons (Fsp3) is 0.543. The Hall–Kier alpha value is -3.08. The number of allylic oxidation sites excluding steroid dienone is 1. The van der Waals surface area contributed by atoms with Gasteiger partial charge in [-0.1, -0.05) is 29.8 Å². The highest BCUT2D eigenvalue weighted by Crippen LogP contribution is 2.47. The predicted molar refractivity (Wildman–Crippen MR) is 179 cm³/mol. The molecule has 0 aromatic heterocycles. The zero-order valence-corrected chi connectivity index (χ0v) is 28.2. The highest BCUT2D eigenvalue weighted by Gasteiger charge is 2.44. The molecule has 46 heavy (non-hydrogen) atoms. The van der Waals surface area contributed by atoms with Crippen molar-refractivity contribution < 1.29 is 27.5 Å². The summed E-state index contributed by atoms with van der Waals surface area (Å²) in [6, 6.07) is 11.4. The number of nitrogens with one attached hydrogen (secondary N) is 1. The number of sulfonamides is 1. The van der Waals surface area contributed by atoms with Crippen LogP contribution in [0.25, 0.3) is 0 Å². The highest BCUT2D eigenvalue weighted by molar-refractivity contribution is 7.90. The van der Waals surface area contributed by atoms with Crippen LogP contribution in [-0.4, -0.2) is 77.4 Å². The van der Waals surface area contributed by atoms with Gasteiger partial charge in [-0.05, 0) is 98.2 Å². The van der Waals surface area contributed by atoms with Gasteiger partial charge >= 0.3 is 0 Å². The third-order valence-electron chi connectivity index (χ3n) is 10.1. The Morgan fingerprint density at radius 3 is 2.80 bits per heavy atom. The molecule has 11 heteroatoms. The van der Waals surface area contributed by atoms with Crippen LogP contribution in [0.15, 0.2) is 48.6 Å². The molecule has 0 saturated heterocycles. The molecule has 0 radical (unpaired) electrons. The van der Waals surface area contributed by atoms with Gasteiger partial charge in [-0.2, -0.15) is 0 Å². The second-order valence-corrected chi connectivity index (χ2v) is 15.8. The van der Waals surface area contributed by atoms with Crippen molar-refractivity contribution in [3.8, 4) is 5.75 Å². The van der Waals surface area contributed by atoms with E-state index >= 15 is 0 Å². The Morgan fingerprint density at radius 2 is 2.02 bits per heavy atom. The molecule has 1 saturated carbocycles. The van der Waals surface area contributed by atoms with Crippen LogP contribution in [0.5, 0.6) is 5.75 Å². The molecule has 6 rings (SSSR count). The lowest BCUT2D eigenvalue weighted by Gasteiger charge is -2.46. The van der Waals surface area contributed by atoms with Gasteiger partial charge in [0.15, 0.2) is 0 Å². The average molecular weight is 670 g/mol. The molecule has 248 valence electrons. The first-order valence-corrected chi connectivity index (χ1v) is 18.4. The minimum Gasteiger partial charge on any atom is -0.490 e. The van der Waals surface area contributed by atoms with Gasteiger partial charge in [0.25, 0.3) is 5.91 Å². The van der Waals surface area contributed by atoms with Crippen molar-refractivity contribution in [3.05, 3.63) is 70.3 Å². The molecule has 2 aromatic rings. The van der Waals surface area contributed by atoms with Crippen molar-refractivity contribution in [2.45, 2.75) is 62.9 Å². The number of nitrogens with zero attached hydrogens (tertiary/aromatic N) is 2. The maximum absolute atomic E-state index is 13.2. The second kappa shape index (κ2) is 13.6. The van der Waals surface area contributed by atoms with E-state index in [1.807, 2.05) is 18.2 Å². The molecule has 4 atom stereocenters. The summed E-state index contributed by atoms with van der Waals surface area (Å²) in [7, 11) is -0.339. The maximum Gasteiger partial charge on any atom is 0.264 e. The summed E-state index contributed by atoms with van der Waals surface area (Å²) in [4.78, 5) is 29.4. The summed E-state index contributed by atoms with van der Waals surface area (Å²) in [6.07, 6.45) is 10.1. The van der Waals surface area contributed by atoms with Gasteiger partial charge in [0.1, 0.15) is 5.75 Å². The van der Waals surface area contributed by atoms with E-state index in [0.717, 1.165) is 49.4 Å². The zero-order chi connectivity index (χ0) is 32.5. The molecule has 1 N–H and O–H groups in total. The number of rotatable bonds is 4. The number of carbonyl (C=O) groups excluding carboxylic acids is 2. The first-order chi connectivity index (χ1) is 22.0. The Balaban J connectivity index is 1.36. The number of aryl methyl sites for hydroxylation is 1. The van der Waals surface area contributed by atoms with Gasteiger partial charge in [-0.15, -0.1) is 0 Å². The molecule has 1 spiro atoms. The number of hydrogen-bond acceptors (Lipinski definition) is 7. The zero-order valence-electron chi connectivity index (χ0n) is 26.7. The lowest BCUT2D eigenvalue weighted by molar-refractivity contribution is -0.130. The van der Waals surface area contributed by atoms with Gasteiger partial charge in [0.2, 0.25) is 15.9 Å². The topological polar surface area (TPSA) is 105 Å². The van der Waals surface area contributed by atoms with Gasteiger partial charge in [-0.3, -0.25) is 9.59 Å². The predicted octanol–water partition coefficient (Wildman–Crippen LogP) is 5.11. The Morgan fingerprint density at radius 1 is 1.17 bits per heavy atom. The number of hydrogen-bond donors (Lipinski definition) is 1. The van der Waals surface area contributed by atoms with Crippen LogP contribution in [0.1, 0.15) is 66.4 Å². The number of carbonyl (C=O) groups is 2. The first-order valence-electron chi connectivity index (χ1n) is 16.4. The minimum atomic E-state index is -3.83. The van der Waals surface area contributed by atoms with E-state index in [1.54, 1.807) is 37.2 Å². The summed E-state index contributed by atoms with van der Waals surface area (Å²) in [5.41, 5.74) is 3.31. The van der Waals surface area contributed by atoms with Crippen LogP contribution in [0.2, 0.25) is 5.02 Å². The first kappa shape index (κ1) is 32.8. The van der Waals surface area contributed by atoms with E-state index in [1.165, 1.54) is 11.1 Å². The summed E-state index contributed by atoms with van der Waals surface area (Å²) in [5.74, 6) is 0.472. The van der Waals surface area contributed by atoms with E-state index < -0.39 is 15.9 Å². The van der Waals surface area contributed by atoms with E-state index in [2.05, 4.69) is 21.8 Å². The van der Waals surface area contributed by atoms with Crippen molar-refractivity contribution in [1.29, 1.82) is 0 Å². The van der Waals surface area contributed by atoms with Crippen LogP contribution in [0.4, 0.5) is 5.69 Å². The lowest BCUT2D eigenvalue weighted by Crippen LogP contribution is -2.49. The van der Waals surface area contributed by atoms with Crippen molar-refractivity contribution in [1.82, 2.24) is 9.62 Å². The molecular weight excluding hydrogens is 626 g/mol. The Labute approximate surface area is 277 Å². The van der Waals surface area contributed by atoms with Crippen LogP contribution in [0.3, 0.4) is 0 Å². The molecule has 4 aliphatic rings. The molecule has 1 fully saturated rings. The van der Waals surface area contributed by atoms with Crippen molar-refractivity contribution in [2.75, 3.05) is 51.1 Å². The maximum atomic E-state index is 13.2. The largest absolute Gasteiger partial charge is 0.490 e. The highest BCUT2D eigenvalue weighted by atomic mass is 35.5. The smallest absolute Gasteiger partial charge is 0.264 e. The Kier molecular flexibility index (Phi) is 9.69. The molecule has 2 aromatic carbocycles. The normalized spacial score (nSPS) is 28.0. The minimum absolute atomic E-state index is 0.0194. The quantitative estimate of drug-likeness (QED) is 0.451. The van der Waals surface area contributed by atoms with E-state index in [-0.39, 0.29) is 34.7 Å². The molecule has 2 aliphatic carbocycles. The average Bonchev–Trinajstić information content (AvgIpc) is 3.14. The van der Waals surface area contributed by atoms with Crippen LogP contribution >= 0.6 is 11.6 Å². The van der Waals surface area contributed by atoms with Crippen molar-refractivity contribution in [3.63, 3.8) is 0 Å². The SMILES string of the molecule is CN(C)C(=O)CCO[C@@H]1/C=C\CCCS(=O)(=O)NC(=O)c2ccc3c(c2)N(C[C@@H]2CC[C@H]21)C[C@@]1(CCCc2cc(Cl)ccc21)CO3. The number of fused-ring (bicyclic) bond motifs is 4. The molecule has 2 bridgehead atoms. The standard InChI is InChI=1S/C35H44ClN3O6S/c1-38(2)33(40)15-17-44-31-8-4-3-5-18-46(42,43)37-34(41)25-10-14-32-30(20-25)39(21-26-9-12-28(26)31)22-35(23-45-32)16-6-7-24-19-27(36)11-13-29(24)35/h4,8,10-11,13-14,19-20,26,28,31H,3,5-7,9,12,15-18,21-23H2,1-2H3,(H,37,41)/b8-4-/t26-,28+,31+,35-/m0/s1. The van der Waals surface area contributed by atoms with E-state index in [4.69, 9.17) is 21.1 Å². The summed E-state index contributed by atoms with van der Waals surface area (Å²) >= 11 is 6.42. The summed E-state index contributed by atoms with van der Waals surface area (Å²) in [6.45, 7) is 2.24. The van der Waals surface area contributed by atoms with Gasteiger partial charge in [0.05, 0.1) is 37.2 Å². The van der Waals surface area contributed by atoms with Gasteiger partial charge in [0, 0.05) is 43.2 Å². The number of amides is 2.